The summed E-state index contributed by atoms with van der Waals surface area (Å²) in [4.78, 5) is 4.38. The van der Waals surface area contributed by atoms with Crippen LogP contribution in [-0.2, 0) is 0 Å². The van der Waals surface area contributed by atoms with Crippen LogP contribution in [0.3, 0.4) is 0 Å². The summed E-state index contributed by atoms with van der Waals surface area (Å²) >= 11 is 0. The highest BCUT2D eigenvalue weighted by atomic mass is 16.5. The number of rotatable bonds is 5. The van der Waals surface area contributed by atoms with Gasteiger partial charge in [-0.1, -0.05) is 12.1 Å². The van der Waals surface area contributed by atoms with Gasteiger partial charge in [0, 0.05) is 17.7 Å². The Morgan fingerprint density at radius 1 is 1.10 bits per heavy atom. The van der Waals surface area contributed by atoms with Crippen molar-refractivity contribution in [3.8, 4) is 22.9 Å². The van der Waals surface area contributed by atoms with Gasteiger partial charge in [0.15, 0.2) is 0 Å². The Hall–Kier alpha value is -2.08. The molecule has 0 spiro atoms. The lowest BCUT2D eigenvalue weighted by atomic mass is 10.1. The first-order chi connectivity index (χ1) is 9.55. The van der Waals surface area contributed by atoms with E-state index in [1.165, 1.54) is 0 Å². The van der Waals surface area contributed by atoms with E-state index in [0.29, 0.717) is 23.2 Å². The molecule has 6 heteroatoms. The van der Waals surface area contributed by atoms with Gasteiger partial charge in [0.05, 0.1) is 20.1 Å². The maximum Gasteiger partial charge on any atom is 0.231 e. The molecule has 1 aromatic heterocycles. The van der Waals surface area contributed by atoms with Gasteiger partial charge >= 0.3 is 0 Å². The highest BCUT2D eigenvalue weighted by molar-refractivity contribution is 5.60. The zero-order chi connectivity index (χ0) is 14.7. The van der Waals surface area contributed by atoms with Crippen molar-refractivity contribution in [3.63, 3.8) is 0 Å². The molecule has 0 aliphatic heterocycles. The van der Waals surface area contributed by atoms with E-state index in [0.717, 1.165) is 5.56 Å². The molecule has 2 rings (SSSR count). The van der Waals surface area contributed by atoms with Crippen LogP contribution in [0.4, 0.5) is 0 Å². The van der Waals surface area contributed by atoms with Crippen LogP contribution in [0.25, 0.3) is 11.4 Å². The van der Waals surface area contributed by atoms with E-state index in [9.17, 15) is 0 Å². The molecule has 20 heavy (non-hydrogen) atoms. The van der Waals surface area contributed by atoms with Gasteiger partial charge in [-0.15, -0.1) is 0 Å². The van der Waals surface area contributed by atoms with E-state index < -0.39 is 0 Å². The molecular weight excluding hydrogens is 258 g/mol. The third-order valence-corrected chi connectivity index (χ3v) is 3.23. The molecule has 0 aliphatic carbocycles. The third kappa shape index (κ3) is 2.91. The molecule has 0 saturated heterocycles. The smallest absolute Gasteiger partial charge is 0.231 e. The van der Waals surface area contributed by atoms with E-state index in [1.807, 2.05) is 26.0 Å². The van der Waals surface area contributed by atoms with Gasteiger partial charge in [-0.25, -0.2) is 0 Å². The summed E-state index contributed by atoms with van der Waals surface area (Å²) in [6.45, 7) is 3.86. The van der Waals surface area contributed by atoms with Crippen molar-refractivity contribution in [1.29, 1.82) is 0 Å². The number of ether oxygens (including phenoxy) is 2. The molecule has 0 fully saturated rings. The summed E-state index contributed by atoms with van der Waals surface area (Å²) in [7, 11) is 3.19. The number of hydrogen-bond acceptors (Lipinski definition) is 6. The highest BCUT2D eigenvalue weighted by Gasteiger charge is 2.19. The van der Waals surface area contributed by atoms with Crippen LogP contribution >= 0.6 is 0 Å². The number of nitrogens with zero attached hydrogens (tertiary/aromatic N) is 2. The average Bonchev–Trinajstić information content (AvgIpc) is 2.95. The molecule has 0 bridgehead atoms. The van der Waals surface area contributed by atoms with Gasteiger partial charge in [0.25, 0.3) is 0 Å². The monoisotopic (exact) mass is 277 g/mol. The van der Waals surface area contributed by atoms with Crippen LogP contribution in [0.1, 0.15) is 25.7 Å². The molecule has 2 atom stereocenters. The lowest BCUT2D eigenvalue weighted by molar-refractivity contribution is 0.346. The summed E-state index contributed by atoms with van der Waals surface area (Å²) in [6, 6.07) is 5.39. The fourth-order valence-electron chi connectivity index (χ4n) is 1.70. The first-order valence-corrected chi connectivity index (χ1v) is 6.37. The Bertz CT molecular complexity index is 559. The summed E-state index contributed by atoms with van der Waals surface area (Å²) < 4.78 is 15.7. The van der Waals surface area contributed by atoms with Crippen molar-refractivity contribution in [3.05, 3.63) is 24.1 Å². The number of aromatic nitrogens is 2. The van der Waals surface area contributed by atoms with Crippen LogP contribution in [0, 0.1) is 0 Å². The van der Waals surface area contributed by atoms with Crippen molar-refractivity contribution >= 4 is 0 Å². The number of hydrogen-bond donors (Lipinski definition) is 1. The minimum absolute atomic E-state index is 0.00348. The SMILES string of the molecule is COc1cc(OC)cc(-c2noc(C(C)C(C)N)n2)c1. The van der Waals surface area contributed by atoms with Gasteiger partial charge in [-0.3, -0.25) is 0 Å². The largest absolute Gasteiger partial charge is 0.497 e. The summed E-state index contributed by atoms with van der Waals surface area (Å²) in [5.74, 6) is 2.36. The second-order valence-electron chi connectivity index (χ2n) is 4.71. The molecule has 1 aromatic carbocycles. The number of methoxy groups -OCH3 is 2. The first kappa shape index (κ1) is 14.3. The van der Waals surface area contributed by atoms with E-state index in [1.54, 1.807) is 20.3 Å². The zero-order valence-electron chi connectivity index (χ0n) is 12.1. The normalized spacial score (nSPS) is 13.8. The quantitative estimate of drug-likeness (QED) is 0.902. The van der Waals surface area contributed by atoms with Crippen molar-refractivity contribution < 1.29 is 14.0 Å². The van der Waals surface area contributed by atoms with Crippen molar-refractivity contribution in [2.75, 3.05) is 14.2 Å². The summed E-state index contributed by atoms with van der Waals surface area (Å²) in [6.07, 6.45) is 0. The first-order valence-electron chi connectivity index (χ1n) is 6.37. The molecule has 0 aliphatic rings. The van der Waals surface area contributed by atoms with Crippen molar-refractivity contribution in [2.24, 2.45) is 5.73 Å². The minimum atomic E-state index is -0.0526. The Morgan fingerprint density at radius 2 is 1.70 bits per heavy atom. The van der Waals surface area contributed by atoms with Gasteiger partial charge in [0.1, 0.15) is 11.5 Å². The van der Waals surface area contributed by atoms with E-state index in [2.05, 4.69) is 10.1 Å². The van der Waals surface area contributed by atoms with Crippen LogP contribution in [-0.4, -0.2) is 30.4 Å². The predicted octanol–water partition coefficient (Wildman–Crippen LogP) is 2.20. The number of benzene rings is 1. The van der Waals surface area contributed by atoms with Crippen molar-refractivity contribution in [1.82, 2.24) is 10.1 Å². The Labute approximate surface area is 117 Å². The lowest BCUT2D eigenvalue weighted by Crippen LogP contribution is -2.22. The van der Waals surface area contributed by atoms with E-state index >= 15 is 0 Å². The Morgan fingerprint density at radius 3 is 2.20 bits per heavy atom. The lowest BCUT2D eigenvalue weighted by Gasteiger charge is -2.09. The average molecular weight is 277 g/mol. The molecule has 2 unspecified atom stereocenters. The topological polar surface area (TPSA) is 83.4 Å². The summed E-state index contributed by atoms with van der Waals surface area (Å²) in [5, 5.41) is 3.99. The molecule has 108 valence electrons. The van der Waals surface area contributed by atoms with E-state index in [-0.39, 0.29) is 12.0 Å². The molecule has 0 radical (unpaired) electrons. The van der Waals surface area contributed by atoms with Crippen LogP contribution < -0.4 is 15.2 Å². The van der Waals surface area contributed by atoms with Gasteiger partial charge in [-0.2, -0.15) is 4.98 Å². The highest BCUT2D eigenvalue weighted by Crippen LogP contribution is 2.29. The molecule has 2 N–H and O–H groups in total. The van der Waals surface area contributed by atoms with Gasteiger partial charge in [-0.05, 0) is 19.1 Å². The molecule has 0 saturated carbocycles. The Balaban J connectivity index is 2.36. The van der Waals surface area contributed by atoms with Crippen LogP contribution in [0.5, 0.6) is 11.5 Å². The van der Waals surface area contributed by atoms with Crippen LogP contribution in [0.15, 0.2) is 22.7 Å². The fraction of sp³-hybridized carbons (Fsp3) is 0.429. The predicted molar refractivity (Wildman–Crippen MR) is 74.9 cm³/mol. The molecular formula is C14H19N3O3. The molecule has 1 heterocycles. The maximum atomic E-state index is 5.84. The maximum absolute atomic E-state index is 5.84. The second kappa shape index (κ2) is 5.92. The van der Waals surface area contributed by atoms with Gasteiger partial charge in [0.2, 0.25) is 11.7 Å². The van der Waals surface area contributed by atoms with E-state index in [4.69, 9.17) is 19.7 Å². The van der Waals surface area contributed by atoms with Crippen molar-refractivity contribution in [2.45, 2.75) is 25.8 Å². The third-order valence-electron chi connectivity index (χ3n) is 3.23. The molecule has 2 aromatic rings. The summed E-state index contributed by atoms with van der Waals surface area (Å²) in [5.41, 5.74) is 6.61. The fourth-order valence-corrected chi connectivity index (χ4v) is 1.70. The molecule has 6 nitrogen and oxygen atoms in total. The zero-order valence-corrected chi connectivity index (χ0v) is 12.1. The minimum Gasteiger partial charge on any atom is -0.497 e. The van der Waals surface area contributed by atoms with Gasteiger partial charge < -0.3 is 19.7 Å². The standard InChI is InChI=1S/C14H19N3O3/c1-8(9(2)15)14-16-13(17-20-14)10-5-11(18-3)7-12(6-10)19-4/h5-9H,15H2,1-4H3. The van der Waals surface area contributed by atoms with Crippen LogP contribution in [0.2, 0.25) is 0 Å². The number of nitrogens with two attached hydrogens (primary N) is 1. The molecule has 0 amide bonds. The second-order valence-corrected chi connectivity index (χ2v) is 4.71. The Kier molecular flexibility index (Phi) is 4.24.